The fourth-order valence-corrected chi connectivity index (χ4v) is 2.21. The van der Waals surface area contributed by atoms with Gasteiger partial charge in [-0.1, -0.05) is 13.3 Å². The molecule has 0 bridgehead atoms. The van der Waals surface area contributed by atoms with Crippen molar-refractivity contribution in [1.82, 2.24) is 0 Å². The number of nitrogens with one attached hydrogen (secondary N) is 1. The Morgan fingerprint density at radius 1 is 1.40 bits per heavy atom. The van der Waals surface area contributed by atoms with Gasteiger partial charge in [-0.3, -0.25) is 0 Å². The smallest absolute Gasteiger partial charge is 0.125 e. The van der Waals surface area contributed by atoms with E-state index in [4.69, 9.17) is 5.73 Å². The van der Waals surface area contributed by atoms with Gasteiger partial charge in [-0.25, -0.2) is 4.39 Å². The Kier molecular flexibility index (Phi) is 2.80. The lowest BCUT2D eigenvalue weighted by Crippen LogP contribution is -2.22. The minimum atomic E-state index is -0.239. The third-order valence-corrected chi connectivity index (χ3v) is 3.22. The molecule has 2 atom stereocenters. The Balaban J connectivity index is 2.12. The van der Waals surface area contributed by atoms with Gasteiger partial charge in [0, 0.05) is 6.04 Å². The molecule has 15 heavy (non-hydrogen) atoms. The second-order valence-corrected chi connectivity index (χ2v) is 4.39. The summed E-state index contributed by atoms with van der Waals surface area (Å²) in [5.41, 5.74) is 7.13. The number of hydrogen-bond acceptors (Lipinski definition) is 2. The third kappa shape index (κ3) is 2.22. The first kappa shape index (κ1) is 10.3. The zero-order valence-corrected chi connectivity index (χ0v) is 8.96. The quantitative estimate of drug-likeness (QED) is 0.733. The van der Waals surface area contributed by atoms with Crippen LogP contribution in [0.4, 0.5) is 15.8 Å². The number of halogens is 1. The molecule has 1 saturated carbocycles. The van der Waals surface area contributed by atoms with Crippen molar-refractivity contribution in [2.45, 2.75) is 32.2 Å². The molecule has 0 radical (unpaired) electrons. The largest absolute Gasteiger partial charge is 0.397 e. The molecule has 0 aromatic heterocycles. The molecule has 0 spiro atoms. The van der Waals surface area contributed by atoms with E-state index in [1.807, 2.05) is 0 Å². The zero-order chi connectivity index (χ0) is 10.8. The Morgan fingerprint density at radius 3 is 2.87 bits per heavy atom. The summed E-state index contributed by atoms with van der Waals surface area (Å²) in [7, 11) is 0. The lowest BCUT2D eigenvalue weighted by Gasteiger charge is -2.19. The summed E-state index contributed by atoms with van der Waals surface area (Å²) in [6, 6.07) is 4.91. The van der Waals surface area contributed by atoms with Gasteiger partial charge in [-0.15, -0.1) is 0 Å². The molecule has 1 fully saturated rings. The predicted molar refractivity (Wildman–Crippen MR) is 61.2 cm³/mol. The molecule has 2 unspecified atom stereocenters. The number of nitrogen functional groups attached to an aromatic ring is 1. The predicted octanol–water partition coefficient (Wildman–Crippen LogP) is 3.01. The highest BCUT2D eigenvalue weighted by molar-refractivity contribution is 5.66. The van der Waals surface area contributed by atoms with E-state index >= 15 is 0 Å². The molecule has 1 aromatic carbocycles. The van der Waals surface area contributed by atoms with Crippen LogP contribution < -0.4 is 11.1 Å². The molecule has 1 aliphatic rings. The summed E-state index contributed by atoms with van der Waals surface area (Å²) in [5, 5.41) is 3.33. The summed E-state index contributed by atoms with van der Waals surface area (Å²) in [6.45, 7) is 2.22. The van der Waals surface area contributed by atoms with E-state index in [1.54, 1.807) is 6.07 Å². The number of anilines is 2. The van der Waals surface area contributed by atoms with Crippen LogP contribution in [0.3, 0.4) is 0 Å². The first-order valence-corrected chi connectivity index (χ1v) is 5.48. The van der Waals surface area contributed by atoms with E-state index in [2.05, 4.69) is 12.2 Å². The molecule has 2 rings (SSSR count). The van der Waals surface area contributed by atoms with Gasteiger partial charge < -0.3 is 11.1 Å². The maximum Gasteiger partial charge on any atom is 0.125 e. The van der Waals surface area contributed by atoms with Gasteiger partial charge in [-0.2, -0.15) is 0 Å². The number of hydrogen-bond donors (Lipinski definition) is 2. The minimum absolute atomic E-state index is 0.239. The van der Waals surface area contributed by atoms with Crippen LogP contribution in [0.5, 0.6) is 0 Å². The van der Waals surface area contributed by atoms with Crippen LogP contribution in [0.1, 0.15) is 26.2 Å². The normalized spacial score (nSPS) is 25.5. The first-order chi connectivity index (χ1) is 7.16. The van der Waals surface area contributed by atoms with Crippen LogP contribution >= 0.6 is 0 Å². The van der Waals surface area contributed by atoms with Crippen LogP contribution in [-0.2, 0) is 0 Å². The average molecular weight is 208 g/mol. The van der Waals surface area contributed by atoms with E-state index in [0.717, 1.165) is 12.1 Å². The van der Waals surface area contributed by atoms with Crippen LogP contribution in [-0.4, -0.2) is 6.04 Å². The summed E-state index contributed by atoms with van der Waals surface area (Å²) >= 11 is 0. The van der Waals surface area contributed by atoms with Gasteiger partial charge in [0.1, 0.15) is 5.82 Å². The fraction of sp³-hybridized carbons (Fsp3) is 0.500. The molecule has 3 N–H and O–H groups in total. The van der Waals surface area contributed by atoms with Crippen molar-refractivity contribution in [3.05, 3.63) is 24.0 Å². The second-order valence-electron chi connectivity index (χ2n) is 4.39. The number of rotatable bonds is 2. The summed E-state index contributed by atoms with van der Waals surface area (Å²) in [6.07, 6.45) is 3.64. The summed E-state index contributed by atoms with van der Waals surface area (Å²) in [5.74, 6) is 0.407. The SMILES string of the molecule is CC1CCCC1Nc1cc(F)ccc1N. The molecule has 1 aliphatic carbocycles. The molecule has 0 saturated heterocycles. The minimum Gasteiger partial charge on any atom is -0.397 e. The van der Waals surface area contributed by atoms with E-state index in [1.165, 1.54) is 25.0 Å². The Hall–Kier alpha value is -1.25. The molecule has 3 heteroatoms. The molecular weight excluding hydrogens is 191 g/mol. The molecule has 1 aromatic rings. The van der Waals surface area contributed by atoms with Crippen LogP contribution in [0, 0.1) is 11.7 Å². The van der Waals surface area contributed by atoms with Gasteiger partial charge >= 0.3 is 0 Å². The monoisotopic (exact) mass is 208 g/mol. The van der Waals surface area contributed by atoms with Crippen molar-refractivity contribution in [3.63, 3.8) is 0 Å². The first-order valence-electron chi connectivity index (χ1n) is 5.48. The lowest BCUT2D eigenvalue weighted by atomic mass is 10.1. The van der Waals surface area contributed by atoms with E-state index in [0.29, 0.717) is 17.6 Å². The molecule has 2 nitrogen and oxygen atoms in total. The van der Waals surface area contributed by atoms with E-state index in [-0.39, 0.29) is 5.82 Å². The molecule has 0 heterocycles. The molecule has 0 aliphatic heterocycles. The van der Waals surface area contributed by atoms with Crippen molar-refractivity contribution in [2.24, 2.45) is 5.92 Å². The van der Waals surface area contributed by atoms with Crippen molar-refractivity contribution >= 4 is 11.4 Å². The summed E-state index contributed by atoms with van der Waals surface area (Å²) < 4.78 is 13.0. The zero-order valence-electron chi connectivity index (χ0n) is 8.96. The maximum atomic E-state index is 13.0. The fourth-order valence-electron chi connectivity index (χ4n) is 2.21. The van der Waals surface area contributed by atoms with Gasteiger partial charge in [0.05, 0.1) is 11.4 Å². The highest BCUT2D eigenvalue weighted by atomic mass is 19.1. The van der Waals surface area contributed by atoms with Crippen molar-refractivity contribution < 1.29 is 4.39 Å². The average Bonchev–Trinajstić information content (AvgIpc) is 2.58. The van der Waals surface area contributed by atoms with Crippen molar-refractivity contribution in [3.8, 4) is 0 Å². The molecule has 82 valence electrons. The second kappa shape index (κ2) is 4.09. The van der Waals surface area contributed by atoms with Crippen LogP contribution in [0.15, 0.2) is 18.2 Å². The maximum absolute atomic E-state index is 13.0. The Labute approximate surface area is 89.7 Å². The highest BCUT2D eigenvalue weighted by Gasteiger charge is 2.23. The van der Waals surface area contributed by atoms with Gasteiger partial charge in [0.2, 0.25) is 0 Å². The topological polar surface area (TPSA) is 38.0 Å². The van der Waals surface area contributed by atoms with Gasteiger partial charge in [-0.05, 0) is 37.0 Å². The number of nitrogens with two attached hydrogens (primary N) is 1. The van der Waals surface area contributed by atoms with Crippen LogP contribution in [0.25, 0.3) is 0 Å². The van der Waals surface area contributed by atoms with Crippen LogP contribution in [0.2, 0.25) is 0 Å². The standard InChI is InChI=1S/C12H17FN2/c1-8-3-2-4-11(8)15-12-7-9(13)5-6-10(12)14/h5-8,11,15H,2-4,14H2,1H3. The van der Waals surface area contributed by atoms with E-state index < -0.39 is 0 Å². The van der Waals surface area contributed by atoms with Gasteiger partial charge in [0.25, 0.3) is 0 Å². The Bertz CT molecular complexity index is 351. The molecular formula is C12H17FN2. The lowest BCUT2D eigenvalue weighted by molar-refractivity contribution is 0.555. The Morgan fingerprint density at radius 2 is 2.20 bits per heavy atom. The number of benzene rings is 1. The summed E-state index contributed by atoms with van der Waals surface area (Å²) in [4.78, 5) is 0. The highest BCUT2D eigenvalue weighted by Crippen LogP contribution is 2.30. The van der Waals surface area contributed by atoms with E-state index in [9.17, 15) is 4.39 Å². The van der Waals surface area contributed by atoms with Crippen molar-refractivity contribution in [1.29, 1.82) is 0 Å². The third-order valence-electron chi connectivity index (χ3n) is 3.22. The molecule has 0 amide bonds. The van der Waals surface area contributed by atoms with Gasteiger partial charge in [0.15, 0.2) is 0 Å². The van der Waals surface area contributed by atoms with Crippen molar-refractivity contribution in [2.75, 3.05) is 11.1 Å².